The predicted octanol–water partition coefficient (Wildman–Crippen LogP) is 1.08. The highest BCUT2D eigenvalue weighted by Crippen LogP contribution is 2.27. The molecule has 1 aliphatic rings. The lowest BCUT2D eigenvalue weighted by molar-refractivity contribution is 0.213. The van der Waals surface area contributed by atoms with Gasteiger partial charge in [0, 0.05) is 25.2 Å². The topological polar surface area (TPSA) is 15.3 Å². The van der Waals surface area contributed by atoms with Gasteiger partial charge in [-0.15, -0.1) is 0 Å². The molecule has 0 bridgehead atoms. The molecule has 2 nitrogen and oxygen atoms in total. The van der Waals surface area contributed by atoms with E-state index in [4.69, 9.17) is 0 Å². The maximum Gasteiger partial charge on any atom is 0.0112 e. The van der Waals surface area contributed by atoms with Crippen molar-refractivity contribution in [3.8, 4) is 0 Å². The Morgan fingerprint density at radius 2 is 2.09 bits per heavy atom. The minimum absolute atomic E-state index is 0.718. The second-order valence-corrected chi connectivity index (χ2v) is 3.67. The van der Waals surface area contributed by atoms with Crippen molar-refractivity contribution in [3.05, 3.63) is 0 Å². The van der Waals surface area contributed by atoms with Crippen molar-refractivity contribution in [1.82, 2.24) is 10.2 Å². The van der Waals surface area contributed by atoms with Gasteiger partial charge in [-0.1, -0.05) is 0 Å². The lowest BCUT2D eigenvalue weighted by atomic mass is 10.3. The molecule has 0 radical (unpaired) electrons. The van der Waals surface area contributed by atoms with E-state index in [2.05, 4.69) is 24.1 Å². The maximum absolute atomic E-state index is 3.19. The Balaban J connectivity index is 2.21. The molecule has 0 atom stereocenters. The second-order valence-electron chi connectivity index (χ2n) is 3.67. The molecule has 1 saturated carbocycles. The van der Waals surface area contributed by atoms with Crippen LogP contribution in [-0.4, -0.2) is 37.1 Å². The number of rotatable bonds is 5. The summed E-state index contributed by atoms with van der Waals surface area (Å²) in [6, 6.07) is 1.62. The first kappa shape index (κ1) is 9.01. The monoisotopic (exact) mass is 156 g/mol. The van der Waals surface area contributed by atoms with Crippen LogP contribution in [-0.2, 0) is 0 Å². The fourth-order valence-corrected chi connectivity index (χ4v) is 1.51. The Labute approximate surface area is 70.0 Å². The van der Waals surface area contributed by atoms with Gasteiger partial charge < -0.3 is 5.32 Å². The number of hydrogen-bond acceptors (Lipinski definition) is 2. The SMILES string of the molecule is CNCCN(C(C)C)C1CC1. The zero-order chi connectivity index (χ0) is 8.27. The van der Waals surface area contributed by atoms with E-state index in [1.54, 1.807) is 0 Å². The maximum atomic E-state index is 3.19. The zero-order valence-electron chi connectivity index (χ0n) is 7.93. The summed E-state index contributed by atoms with van der Waals surface area (Å²) < 4.78 is 0. The fraction of sp³-hybridized carbons (Fsp3) is 1.00. The Bertz CT molecular complexity index is 106. The van der Waals surface area contributed by atoms with E-state index in [1.807, 2.05) is 7.05 Å². The van der Waals surface area contributed by atoms with Crippen LogP contribution in [0.25, 0.3) is 0 Å². The van der Waals surface area contributed by atoms with Gasteiger partial charge >= 0.3 is 0 Å². The smallest absolute Gasteiger partial charge is 0.0112 e. The van der Waals surface area contributed by atoms with Crippen molar-refractivity contribution < 1.29 is 0 Å². The third-order valence-corrected chi connectivity index (χ3v) is 2.30. The van der Waals surface area contributed by atoms with Crippen LogP contribution in [0.4, 0.5) is 0 Å². The Morgan fingerprint density at radius 1 is 1.45 bits per heavy atom. The van der Waals surface area contributed by atoms with Crippen molar-refractivity contribution in [3.63, 3.8) is 0 Å². The second kappa shape index (κ2) is 4.07. The molecule has 0 aliphatic heterocycles. The number of nitrogens with one attached hydrogen (secondary N) is 1. The van der Waals surface area contributed by atoms with Gasteiger partial charge in [-0.05, 0) is 33.7 Å². The summed E-state index contributed by atoms with van der Waals surface area (Å²) in [5.41, 5.74) is 0. The van der Waals surface area contributed by atoms with Crippen molar-refractivity contribution in [2.24, 2.45) is 0 Å². The van der Waals surface area contributed by atoms with Crippen molar-refractivity contribution >= 4 is 0 Å². The van der Waals surface area contributed by atoms with E-state index in [0.717, 1.165) is 18.6 Å². The van der Waals surface area contributed by atoms with Crippen molar-refractivity contribution in [2.75, 3.05) is 20.1 Å². The zero-order valence-corrected chi connectivity index (χ0v) is 7.93. The van der Waals surface area contributed by atoms with Crippen LogP contribution in [0.3, 0.4) is 0 Å². The summed E-state index contributed by atoms with van der Waals surface area (Å²) in [7, 11) is 2.02. The van der Waals surface area contributed by atoms with Crippen LogP contribution in [0, 0.1) is 0 Å². The first-order valence-corrected chi connectivity index (χ1v) is 4.66. The van der Waals surface area contributed by atoms with Gasteiger partial charge in [0.1, 0.15) is 0 Å². The highest BCUT2D eigenvalue weighted by molar-refractivity contribution is 4.86. The molecule has 0 saturated heterocycles. The summed E-state index contributed by atoms with van der Waals surface area (Å²) in [6.45, 7) is 6.90. The molecule has 1 N–H and O–H groups in total. The molecule has 1 rings (SSSR count). The minimum atomic E-state index is 0.718. The van der Waals surface area contributed by atoms with Gasteiger partial charge in [0.15, 0.2) is 0 Å². The normalized spacial score (nSPS) is 18.3. The molecule has 1 fully saturated rings. The Kier molecular flexibility index (Phi) is 3.34. The summed E-state index contributed by atoms with van der Waals surface area (Å²) in [5, 5.41) is 3.19. The summed E-state index contributed by atoms with van der Waals surface area (Å²) in [5.74, 6) is 0. The van der Waals surface area contributed by atoms with Crippen LogP contribution in [0.2, 0.25) is 0 Å². The molecule has 66 valence electrons. The third kappa shape index (κ3) is 2.80. The highest BCUT2D eigenvalue weighted by atomic mass is 15.2. The first-order valence-electron chi connectivity index (χ1n) is 4.66. The van der Waals surface area contributed by atoms with Crippen LogP contribution in [0.15, 0.2) is 0 Å². The van der Waals surface area contributed by atoms with E-state index in [9.17, 15) is 0 Å². The summed E-state index contributed by atoms with van der Waals surface area (Å²) in [6.07, 6.45) is 2.84. The Hall–Kier alpha value is -0.0800. The van der Waals surface area contributed by atoms with Crippen LogP contribution in [0.5, 0.6) is 0 Å². The predicted molar refractivity (Wildman–Crippen MR) is 48.8 cm³/mol. The number of nitrogens with zero attached hydrogens (tertiary/aromatic N) is 1. The number of likely N-dealkylation sites (N-methyl/N-ethyl adjacent to an activating group) is 1. The third-order valence-electron chi connectivity index (χ3n) is 2.30. The van der Waals surface area contributed by atoms with Gasteiger partial charge in [0.05, 0.1) is 0 Å². The van der Waals surface area contributed by atoms with Crippen molar-refractivity contribution in [2.45, 2.75) is 38.8 Å². The average Bonchev–Trinajstić information content (AvgIpc) is 2.71. The van der Waals surface area contributed by atoms with E-state index >= 15 is 0 Å². The Morgan fingerprint density at radius 3 is 2.45 bits per heavy atom. The van der Waals surface area contributed by atoms with Crippen LogP contribution in [0.1, 0.15) is 26.7 Å². The molecule has 0 aromatic heterocycles. The molecule has 11 heavy (non-hydrogen) atoms. The van der Waals surface area contributed by atoms with Gasteiger partial charge in [-0.3, -0.25) is 4.90 Å². The van der Waals surface area contributed by atoms with E-state index in [-0.39, 0.29) is 0 Å². The van der Waals surface area contributed by atoms with E-state index < -0.39 is 0 Å². The standard InChI is InChI=1S/C9H20N2/c1-8(2)11(7-6-10-3)9-4-5-9/h8-10H,4-7H2,1-3H3. The van der Waals surface area contributed by atoms with Crippen LogP contribution >= 0.6 is 0 Å². The lowest BCUT2D eigenvalue weighted by Gasteiger charge is -2.25. The first-order chi connectivity index (χ1) is 5.25. The highest BCUT2D eigenvalue weighted by Gasteiger charge is 2.29. The molecular formula is C9H20N2. The van der Waals surface area contributed by atoms with Gasteiger partial charge in [-0.25, -0.2) is 0 Å². The molecule has 0 amide bonds. The van der Waals surface area contributed by atoms with Crippen LogP contribution < -0.4 is 5.32 Å². The summed E-state index contributed by atoms with van der Waals surface area (Å²) >= 11 is 0. The van der Waals surface area contributed by atoms with Gasteiger partial charge in [0.25, 0.3) is 0 Å². The molecule has 0 aromatic carbocycles. The lowest BCUT2D eigenvalue weighted by Crippen LogP contribution is -2.37. The van der Waals surface area contributed by atoms with Gasteiger partial charge in [-0.2, -0.15) is 0 Å². The number of hydrogen-bond donors (Lipinski definition) is 1. The average molecular weight is 156 g/mol. The quantitative estimate of drug-likeness (QED) is 0.641. The molecule has 1 aliphatic carbocycles. The largest absolute Gasteiger partial charge is 0.318 e. The molecular weight excluding hydrogens is 136 g/mol. The van der Waals surface area contributed by atoms with Gasteiger partial charge in [0.2, 0.25) is 0 Å². The molecule has 0 heterocycles. The van der Waals surface area contributed by atoms with E-state index in [1.165, 1.54) is 19.4 Å². The molecule has 0 unspecified atom stereocenters. The fourth-order valence-electron chi connectivity index (χ4n) is 1.51. The molecule has 2 heteroatoms. The van der Waals surface area contributed by atoms with E-state index in [0.29, 0.717) is 0 Å². The minimum Gasteiger partial charge on any atom is -0.318 e. The molecule has 0 spiro atoms. The van der Waals surface area contributed by atoms with Crippen molar-refractivity contribution in [1.29, 1.82) is 0 Å². The molecule has 0 aromatic rings. The summed E-state index contributed by atoms with van der Waals surface area (Å²) in [4.78, 5) is 2.59.